The third-order valence-corrected chi connectivity index (χ3v) is 2.67. The van der Waals surface area contributed by atoms with Crippen molar-refractivity contribution < 1.29 is 9.21 Å². The van der Waals surface area contributed by atoms with Crippen LogP contribution in [0.4, 0.5) is 0 Å². The summed E-state index contributed by atoms with van der Waals surface area (Å²) >= 11 is 0. The molecule has 0 spiro atoms. The van der Waals surface area contributed by atoms with Gasteiger partial charge in [-0.25, -0.2) is 0 Å². The highest BCUT2D eigenvalue weighted by Crippen LogP contribution is 2.18. The van der Waals surface area contributed by atoms with E-state index in [4.69, 9.17) is 4.42 Å². The number of amides is 1. The second kappa shape index (κ2) is 5.87. The van der Waals surface area contributed by atoms with Gasteiger partial charge in [0.1, 0.15) is 5.76 Å². The molecule has 1 aromatic carbocycles. The van der Waals surface area contributed by atoms with E-state index in [1.807, 2.05) is 42.5 Å². The average Bonchev–Trinajstić information content (AvgIpc) is 2.93. The number of furan rings is 1. The maximum atomic E-state index is 11.4. The van der Waals surface area contributed by atoms with Crippen LogP contribution in [0.25, 0.3) is 0 Å². The minimum absolute atomic E-state index is 0.173. The lowest BCUT2D eigenvalue weighted by Gasteiger charge is -2.15. The maximum Gasteiger partial charge on any atom is 0.243 e. The summed E-state index contributed by atoms with van der Waals surface area (Å²) in [5, 5.41) is 2.87. The van der Waals surface area contributed by atoms with Gasteiger partial charge in [-0.3, -0.25) is 4.79 Å². The summed E-state index contributed by atoms with van der Waals surface area (Å²) in [6.45, 7) is 3.46. The van der Waals surface area contributed by atoms with Crippen LogP contribution in [0.5, 0.6) is 0 Å². The molecule has 3 nitrogen and oxygen atoms in total. The Hall–Kier alpha value is -2.29. The van der Waals surface area contributed by atoms with Crippen molar-refractivity contribution in [2.45, 2.75) is 12.5 Å². The molecule has 0 bridgehead atoms. The molecule has 0 aliphatic heterocycles. The molecule has 1 heterocycles. The van der Waals surface area contributed by atoms with Crippen LogP contribution >= 0.6 is 0 Å². The highest BCUT2D eigenvalue weighted by molar-refractivity contribution is 5.87. The van der Waals surface area contributed by atoms with Crippen LogP contribution in [0.2, 0.25) is 0 Å². The molecule has 0 saturated heterocycles. The van der Waals surface area contributed by atoms with Crippen LogP contribution in [0.1, 0.15) is 17.4 Å². The summed E-state index contributed by atoms with van der Waals surface area (Å²) in [5.74, 6) is 0.543. The van der Waals surface area contributed by atoms with E-state index in [1.165, 1.54) is 6.08 Å². The van der Waals surface area contributed by atoms with Crippen LogP contribution < -0.4 is 5.32 Å². The van der Waals surface area contributed by atoms with Crippen LogP contribution in [0.3, 0.4) is 0 Å². The molecule has 1 N–H and O–H groups in total. The van der Waals surface area contributed by atoms with Crippen molar-refractivity contribution in [3.63, 3.8) is 0 Å². The number of carbonyl (C=O) groups excluding carboxylic acids is 1. The van der Waals surface area contributed by atoms with Crippen molar-refractivity contribution in [3.8, 4) is 0 Å². The Morgan fingerprint density at radius 3 is 2.67 bits per heavy atom. The van der Waals surface area contributed by atoms with Crippen molar-refractivity contribution in [1.82, 2.24) is 5.32 Å². The van der Waals surface area contributed by atoms with Gasteiger partial charge >= 0.3 is 0 Å². The van der Waals surface area contributed by atoms with E-state index in [2.05, 4.69) is 11.9 Å². The van der Waals surface area contributed by atoms with Crippen LogP contribution in [0, 0.1) is 0 Å². The summed E-state index contributed by atoms with van der Waals surface area (Å²) in [7, 11) is 0. The Kier molecular flexibility index (Phi) is 3.97. The fraction of sp³-hybridized carbons (Fsp3) is 0.133. The first-order valence-corrected chi connectivity index (χ1v) is 5.80. The Morgan fingerprint density at radius 2 is 2.06 bits per heavy atom. The predicted octanol–water partition coefficient (Wildman–Crippen LogP) is 2.87. The Balaban J connectivity index is 2.15. The van der Waals surface area contributed by atoms with E-state index in [-0.39, 0.29) is 11.9 Å². The van der Waals surface area contributed by atoms with Gasteiger partial charge in [-0.05, 0) is 30.2 Å². The van der Waals surface area contributed by atoms with Gasteiger partial charge in [-0.1, -0.05) is 36.9 Å². The standard InChI is InChI=1S/C15H15NO2/c1-2-15(17)16-13(14-9-6-10-18-14)11-12-7-4-3-5-8-12/h2-10,13H,1,11H2,(H,16,17). The van der Waals surface area contributed by atoms with E-state index in [1.54, 1.807) is 6.26 Å². The highest BCUT2D eigenvalue weighted by Gasteiger charge is 2.16. The summed E-state index contributed by atoms with van der Waals surface area (Å²) < 4.78 is 5.36. The molecule has 0 aliphatic carbocycles. The van der Waals surface area contributed by atoms with Crippen molar-refractivity contribution in [1.29, 1.82) is 0 Å². The second-order valence-corrected chi connectivity index (χ2v) is 3.97. The Morgan fingerprint density at radius 1 is 1.28 bits per heavy atom. The lowest BCUT2D eigenvalue weighted by Crippen LogP contribution is -2.28. The number of carbonyl (C=O) groups is 1. The number of nitrogens with one attached hydrogen (secondary N) is 1. The molecule has 2 rings (SSSR count). The molecular weight excluding hydrogens is 226 g/mol. The third kappa shape index (κ3) is 3.10. The SMILES string of the molecule is C=CC(=O)NC(Cc1ccccc1)c1ccco1. The number of hydrogen-bond acceptors (Lipinski definition) is 2. The zero-order chi connectivity index (χ0) is 12.8. The van der Waals surface area contributed by atoms with E-state index in [0.29, 0.717) is 6.42 Å². The first-order valence-electron chi connectivity index (χ1n) is 5.80. The highest BCUT2D eigenvalue weighted by atomic mass is 16.3. The molecule has 0 saturated carbocycles. The largest absolute Gasteiger partial charge is 0.467 e. The molecular formula is C15H15NO2. The van der Waals surface area contributed by atoms with Gasteiger partial charge in [0.05, 0.1) is 12.3 Å². The lowest BCUT2D eigenvalue weighted by atomic mass is 10.0. The first kappa shape index (κ1) is 12.2. The molecule has 18 heavy (non-hydrogen) atoms. The lowest BCUT2D eigenvalue weighted by molar-refractivity contribution is -0.117. The van der Waals surface area contributed by atoms with Crippen LogP contribution in [-0.4, -0.2) is 5.91 Å². The fourth-order valence-electron chi connectivity index (χ4n) is 1.79. The maximum absolute atomic E-state index is 11.4. The third-order valence-electron chi connectivity index (χ3n) is 2.67. The Bertz CT molecular complexity index is 503. The minimum Gasteiger partial charge on any atom is -0.467 e. The van der Waals surface area contributed by atoms with Gasteiger partial charge in [-0.2, -0.15) is 0 Å². The quantitative estimate of drug-likeness (QED) is 0.818. The molecule has 1 amide bonds. The van der Waals surface area contributed by atoms with Gasteiger partial charge in [0.15, 0.2) is 0 Å². The fourth-order valence-corrected chi connectivity index (χ4v) is 1.79. The monoisotopic (exact) mass is 241 g/mol. The van der Waals surface area contributed by atoms with Gasteiger partial charge in [-0.15, -0.1) is 0 Å². The topological polar surface area (TPSA) is 42.2 Å². The first-order chi connectivity index (χ1) is 8.79. The van der Waals surface area contributed by atoms with Crippen molar-refractivity contribution >= 4 is 5.91 Å². The summed E-state index contributed by atoms with van der Waals surface area (Å²) in [4.78, 5) is 11.4. The molecule has 3 heteroatoms. The normalized spacial score (nSPS) is 11.8. The predicted molar refractivity (Wildman–Crippen MR) is 69.9 cm³/mol. The average molecular weight is 241 g/mol. The van der Waals surface area contributed by atoms with Crippen LogP contribution in [0.15, 0.2) is 65.8 Å². The van der Waals surface area contributed by atoms with E-state index >= 15 is 0 Å². The molecule has 0 fully saturated rings. The Labute approximate surface area is 106 Å². The number of hydrogen-bond donors (Lipinski definition) is 1. The summed E-state index contributed by atoms with van der Waals surface area (Å²) in [5.41, 5.74) is 1.14. The zero-order valence-corrected chi connectivity index (χ0v) is 10.0. The smallest absolute Gasteiger partial charge is 0.243 e. The second-order valence-electron chi connectivity index (χ2n) is 3.97. The van der Waals surface area contributed by atoms with Crippen molar-refractivity contribution in [2.75, 3.05) is 0 Å². The van der Waals surface area contributed by atoms with E-state index < -0.39 is 0 Å². The van der Waals surface area contributed by atoms with E-state index in [0.717, 1.165) is 11.3 Å². The summed E-state index contributed by atoms with van der Waals surface area (Å²) in [6, 6.07) is 13.5. The minimum atomic E-state index is -0.202. The molecule has 0 radical (unpaired) electrons. The van der Waals surface area contributed by atoms with Crippen molar-refractivity contribution in [3.05, 3.63) is 72.7 Å². The number of benzene rings is 1. The number of rotatable bonds is 5. The summed E-state index contributed by atoms with van der Waals surface area (Å²) in [6.07, 6.45) is 3.56. The molecule has 0 aliphatic rings. The van der Waals surface area contributed by atoms with Gasteiger partial charge < -0.3 is 9.73 Å². The van der Waals surface area contributed by atoms with Gasteiger partial charge in [0.25, 0.3) is 0 Å². The van der Waals surface area contributed by atoms with E-state index in [9.17, 15) is 4.79 Å². The molecule has 2 aromatic rings. The van der Waals surface area contributed by atoms with Gasteiger partial charge in [0, 0.05) is 0 Å². The zero-order valence-electron chi connectivity index (χ0n) is 10.0. The van der Waals surface area contributed by atoms with Gasteiger partial charge in [0.2, 0.25) is 5.91 Å². The molecule has 92 valence electrons. The molecule has 1 atom stereocenters. The molecule has 1 aromatic heterocycles. The molecule has 1 unspecified atom stereocenters. The van der Waals surface area contributed by atoms with Crippen LogP contribution in [-0.2, 0) is 11.2 Å². The van der Waals surface area contributed by atoms with Crippen molar-refractivity contribution in [2.24, 2.45) is 0 Å².